The zero-order valence-corrected chi connectivity index (χ0v) is 10.3. The largest absolute Gasteiger partial charge is 0.495 e. The molecular weight excluding hydrogens is 242 g/mol. The van der Waals surface area contributed by atoms with Gasteiger partial charge in [0.15, 0.2) is 0 Å². The van der Waals surface area contributed by atoms with Gasteiger partial charge in [0.1, 0.15) is 16.5 Å². The highest BCUT2D eigenvalue weighted by molar-refractivity contribution is 6.35. The summed E-state index contributed by atoms with van der Waals surface area (Å²) < 4.78 is 11.8. The number of ether oxygens (including phenoxy) is 2. The summed E-state index contributed by atoms with van der Waals surface area (Å²) in [6, 6.07) is 5.20. The van der Waals surface area contributed by atoms with Crippen molar-refractivity contribution in [2.75, 3.05) is 13.7 Å². The summed E-state index contributed by atoms with van der Waals surface area (Å²) in [5, 5.41) is 0.477. The standard InChI is InChI=1S/C12H12ClNO3/c1-3-17-12(15)9-7-10(16-2)11(13)8-5-4-6-14(8)9/h4-7H,3H2,1-2H3. The zero-order valence-electron chi connectivity index (χ0n) is 9.57. The molecule has 2 aromatic rings. The molecule has 0 fully saturated rings. The van der Waals surface area contributed by atoms with Crippen molar-refractivity contribution < 1.29 is 14.3 Å². The third-order valence-electron chi connectivity index (χ3n) is 2.42. The van der Waals surface area contributed by atoms with Gasteiger partial charge in [-0.1, -0.05) is 11.6 Å². The first kappa shape index (κ1) is 11.8. The lowest BCUT2D eigenvalue weighted by molar-refractivity contribution is 0.0517. The van der Waals surface area contributed by atoms with Crippen LogP contribution in [-0.4, -0.2) is 24.1 Å². The minimum absolute atomic E-state index is 0.326. The number of hydrogen-bond donors (Lipinski definition) is 0. The van der Waals surface area contributed by atoms with E-state index in [-0.39, 0.29) is 0 Å². The maximum atomic E-state index is 11.8. The van der Waals surface area contributed by atoms with E-state index in [0.29, 0.717) is 28.6 Å². The molecule has 0 unspecified atom stereocenters. The fourth-order valence-corrected chi connectivity index (χ4v) is 1.95. The van der Waals surface area contributed by atoms with E-state index in [4.69, 9.17) is 21.1 Å². The van der Waals surface area contributed by atoms with Crippen molar-refractivity contribution in [2.24, 2.45) is 0 Å². The number of esters is 1. The molecule has 4 nitrogen and oxygen atoms in total. The van der Waals surface area contributed by atoms with Crippen LogP contribution in [0.5, 0.6) is 5.75 Å². The monoisotopic (exact) mass is 253 g/mol. The van der Waals surface area contributed by atoms with E-state index in [1.807, 2.05) is 12.1 Å². The Hall–Kier alpha value is -1.68. The molecule has 90 valence electrons. The fraction of sp³-hybridized carbons (Fsp3) is 0.250. The fourth-order valence-electron chi connectivity index (χ4n) is 1.66. The molecule has 0 radical (unpaired) electrons. The van der Waals surface area contributed by atoms with Gasteiger partial charge < -0.3 is 13.9 Å². The number of pyridine rings is 1. The average Bonchev–Trinajstić information content (AvgIpc) is 2.79. The highest BCUT2D eigenvalue weighted by atomic mass is 35.5. The van der Waals surface area contributed by atoms with Crippen LogP contribution in [0, 0.1) is 0 Å². The van der Waals surface area contributed by atoms with E-state index in [9.17, 15) is 4.79 Å². The molecule has 0 atom stereocenters. The average molecular weight is 254 g/mol. The molecule has 0 N–H and O–H groups in total. The molecule has 0 aliphatic heterocycles. The Kier molecular flexibility index (Phi) is 3.24. The van der Waals surface area contributed by atoms with Gasteiger partial charge in [-0.15, -0.1) is 0 Å². The highest BCUT2D eigenvalue weighted by Crippen LogP contribution is 2.31. The Balaban J connectivity index is 2.65. The Morgan fingerprint density at radius 1 is 1.53 bits per heavy atom. The molecule has 0 aromatic carbocycles. The lowest BCUT2D eigenvalue weighted by atomic mass is 10.3. The van der Waals surface area contributed by atoms with Crippen LogP contribution in [0.4, 0.5) is 0 Å². The van der Waals surface area contributed by atoms with Crippen molar-refractivity contribution >= 4 is 23.1 Å². The van der Waals surface area contributed by atoms with Crippen LogP contribution in [0.3, 0.4) is 0 Å². The zero-order chi connectivity index (χ0) is 12.4. The second-order valence-electron chi connectivity index (χ2n) is 3.40. The van der Waals surface area contributed by atoms with Gasteiger partial charge in [0, 0.05) is 12.3 Å². The SMILES string of the molecule is CCOC(=O)c1cc(OC)c(Cl)c2cccn12. The van der Waals surface area contributed by atoms with Crippen molar-refractivity contribution in [3.63, 3.8) is 0 Å². The Labute approximate surface area is 104 Å². The number of aromatic nitrogens is 1. The van der Waals surface area contributed by atoms with Gasteiger partial charge in [-0.3, -0.25) is 0 Å². The molecule has 5 heteroatoms. The minimum Gasteiger partial charge on any atom is -0.495 e. The molecule has 2 rings (SSSR count). The lowest BCUT2D eigenvalue weighted by Crippen LogP contribution is -2.10. The van der Waals surface area contributed by atoms with Gasteiger partial charge >= 0.3 is 5.97 Å². The molecule has 2 heterocycles. The van der Waals surface area contributed by atoms with Crippen molar-refractivity contribution in [3.05, 3.63) is 35.1 Å². The molecule has 17 heavy (non-hydrogen) atoms. The second-order valence-corrected chi connectivity index (χ2v) is 3.77. The molecule has 0 saturated carbocycles. The summed E-state index contributed by atoms with van der Waals surface area (Å²) in [5.41, 5.74) is 1.11. The first-order valence-electron chi connectivity index (χ1n) is 5.19. The summed E-state index contributed by atoms with van der Waals surface area (Å²) in [6.07, 6.45) is 1.76. The van der Waals surface area contributed by atoms with E-state index >= 15 is 0 Å². The van der Waals surface area contributed by atoms with Gasteiger partial charge in [-0.25, -0.2) is 4.79 Å². The van der Waals surface area contributed by atoms with E-state index in [1.165, 1.54) is 7.11 Å². The summed E-state index contributed by atoms with van der Waals surface area (Å²) in [7, 11) is 1.51. The number of rotatable bonds is 3. The van der Waals surface area contributed by atoms with Crippen LogP contribution in [0.15, 0.2) is 24.4 Å². The van der Waals surface area contributed by atoms with Crippen molar-refractivity contribution in [1.29, 1.82) is 0 Å². The van der Waals surface area contributed by atoms with Crippen LogP contribution in [-0.2, 0) is 4.74 Å². The van der Waals surface area contributed by atoms with E-state index in [2.05, 4.69) is 0 Å². The molecular formula is C12H12ClNO3. The number of nitrogens with zero attached hydrogens (tertiary/aromatic N) is 1. The minimum atomic E-state index is -0.399. The van der Waals surface area contributed by atoms with Crippen molar-refractivity contribution in [1.82, 2.24) is 4.40 Å². The van der Waals surface area contributed by atoms with Crippen LogP contribution < -0.4 is 4.74 Å². The molecule has 0 saturated heterocycles. The van der Waals surface area contributed by atoms with Crippen molar-refractivity contribution in [2.45, 2.75) is 6.92 Å². The molecule has 0 spiro atoms. The van der Waals surface area contributed by atoms with Crippen LogP contribution >= 0.6 is 11.6 Å². The maximum absolute atomic E-state index is 11.8. The first-order valence-corrected chi connectivity index (χ1v) is 5.57. The smallest absolute Gasteiger partial charge is 0.355 e. The number of hydrogen-bond acceptors (Lipinski definition) is 3. The number of fused-ring (bicyclic) bond motifs is 1. The van der Waals surface area contributed by atoms with Gasteiger partial charge in [-0.05, 0) is 19.1 Å². The first-order chi connectivity index (χ1) is 8.19. The quantitative estimate of drug-likeness (QED) is 0.790. The van der Waals surface area contributed by atoms with Gasteiger partial charge in [-0.2, -0.15) is 0 Å². The predicted octanol–water partition coefficient (Wildman–Crippen LogP) is 2.78. The molecule has 0 aliphatic carbocycles. The Morgan fingerprint density at radius 3 is 2.94 bits per heavy atom. The van der Waals surface area contributed by atoms with Crippen LogP contribution in [0.25, 0.3) is 5.52 Å². The number of carbonyl (C=O) groups excluding carboxylic acids is 1. The van der Waals surface area contributed by atoms with Gasteiger partial charge in [0.25, 0.3) is 0 Å². The Bertz CT molecular complexity index is 562. The number of carbonyl (C=O) groups is 1. The summed E-state index contributed by atoms with van der Waals surface area (Å²) >= 11 is 6.14. The highest BCUT2D eigenvalue weighted by Gasteiger charge is 2.16. The molecule has 0 amide bonds. The summed E-state index contributed by atoms with van der Waals surface area (Å²) in [6.45, 7) is 2.09. The second kappa shape index (κ2) is 4.67. The van der Waals surface area contributed by atoms with Crippen molar-refractivity contribution in [3.8, 4) is 5.75 Å². The van der Waals surface area contributed by atoms with Crippen LogP contribution in [0.1, 0.15) is 17.4 Å². The van der Waals surface area contributed by atoms with Gasteiger partial charge in [0.2, 0.25) is 0 Å². The predicted molar refractivity (Wildman–Crippen MR) is 64.9 cm³/mol. The number of halogens is 1. The van der Waals surface area contributed by atoms with Gasteiger partial charge in [0.05, 0.1) is 19.2 Å². The Morgan fingerprint density at radius 2 is 2.29 bits per heavy atom. The van der Waals surface area contributed by atoms with E-state index < -0.39 is 5.97 Å². The number of methoxy groups -OCH3 is 1. The lowest BCUT2D eigenvalue weighted by Gasteiger charge is -2.10. The third kappa shape index (κ3) is 1.96. The maximum Gasteiger partial charge on any atom is 0.355 e. The molecule has 0 aliphatic rings. The van der Waals surface area contributed by atoms with E-state index in [1.54, 1.807) is 23.6 Å². The topological polar surface area (TPSA) is 39.9 Å². The normalized spacial score (nSPS) is 10.5. The molecule has 0 bridgehead atoms. The van der Waals surface area contributed by atoms with E-state index in [0.717, 1.165) is 0 Å². The van der Waals surface area contributed by atoms with Crippen LogP contribution in [0.2, 0.25) is 5.02 Å². The summed E-state index contributed by atoms with van der Waals surface area (Å²) in [4.78, 5) is 11.8. The third-order valence-corrected chi connectivity index (χ3v) is 2.80. The molecule has 2 aromatic heterocycles. The summed E-state index contributed by atoms with van der Waals surface area (Å²) in [5.74, 6) is 0.0598.